The summed E-state index contributed by atoms with van der Waals surface area (Å²) < 4.78 is 0. The fraction of sp³-hybridized carbons (Fsp3) is 0.371. The molecular formula is C35H48Si3. The summed E-state index contributed by atoms with van der Waals surface area (Å²) in [7, 11) is -5.61. The number of hydrogen-bond donors (Lipinski definition) is 0. The lowest BCUT2D eigenvalue weighted by Crippen LogP contribution is -2.71. The maximum Gasteiger partial charge on any atom is 0.176 e. The van der Waals surface area contributed by atoms with Gasteiger partial charge in [-0.15, -0.1) is 0 Å². The highest BCUT2D eigenvalue weighted by Crippen LogP contribution is 2.41. The third-order valence-electron chi connectivity index (χ3n) is 9.02. The van der Waals surface area contributed by atoms with Crippen LogP contribution in [0.2, 0.25) is 39.3 Å². The summed E-state index contributed by atoms with van der Waals surface area (Å²) in [6, 6.07) is 27.1. The van der Waals surface area contributed by atoms with E-state index in [9.17, 15) is 0 Å². The van der Waals surface area contributed by atoms with E-state index in [1.54, 1.807) is 36.7 Å². The van der Waals surface area contributed by atoms with Crippen molar-refractivity contribution in [2.24, 2.45) is 5.92 Å². The molecule has 1 atom stereocenters. The Morgan fingerprint density at radius 3 is 1.29 bits per heavy atom. The molecule has 3 aromatic carbocycles. The second-order valence-corrected chi connectivity index (χ2v) is 27.8. The predicted octanol–water partition coefficient (Wildman–Crippen LogP) is 6.71. The van der Waals surface area contributed by atoms with Crippen molar-refractivity contribution in [1.29, 1.82) is 0 Å². The Labute approximate surface area is 236 Å². The minimum absolute atomic E-state index is 0.438. The maximum absolute atomic E-state index is 2.63. The Morgan fingerprint density at radius 2 is 0.921 bits per heavy atom. The summed E-state index contributed by atoms with van der Waals surface area (Å²) in [6.07, 6.45) is 0. The summed E-state index contributed by atoms with van der Waals surface area (Å²) in [5, 5.41) is 9.46. The molecule has 3 aromatic rings. The molecule has 0 heterocycles. The molecule has 4 rings (SSSR count). The molecule has 0 nitrogen and oxygen atoms in total. The average molecular weight is 553 g/mol. The van der Waals surface area contributed by atoms with Gasteiger partial charge in [-0.25, -0.2) is 0 Å². The van der Waals surface area contributed by atoms with Gasteiger partial charge < -0.3 is 0 Å². The highest BCUT2D eigenvalue weighted by atomic mass is 28.3. The summed E-state index contributed by atoms with van der Waals surface area (Å²) >= 11 is 0. The van der Waals surface area contributed by atoms with Crippen molar-refractivity contribution in [3.63, 3.8) is 0 Å². The minimum Gasteiger partial charge on any atom is -0.0656 e. The van der Waals surface area contributed by atoms with Crippen molar-refractivity contribution >= 4 is 50.2 Å². The van der Waals surface area contributed by atoms with Crippen molar-refractivity contribution in [2.75, 3.05) is 0 Å². The van der Waals surface area contributed by atoms with Crippen LogP contribution in [0.3, 0.4) is 0 Å². The third kappa shape index (κ3) is 4.94. The average Bonchev–Trinajstić information content (AvgIpc) is 3.02. The molecule has 0 spiro atoms. The first-order valence-electron chi connectivity index (χ1n) is 14.3. The van der Waals surface area contributed by atoms with Gasteiger partial charge in [0.15, 0.2) is 8.07 Å². The zero-order valence-electron chi connectivity index (χ0n) is 25.9. The van der Waals surface area contributed by atoms with E-state index in [4.69, 9.17) is 0 Å². The highest BCUT2D eigenvalue weighted by molar-refractivity contribution is 7.16. The van der Waals surface area contributed by atoms with E-state index in [0.29, 0.717) is 5.92 Å². The summed E-state index contributed by atoms with van der Waals surface area (Å²) in [5.74, 6) is 0.438. The fourth-order valence-corrected chi connectivity index (χ4v) is 15.1. The predicted molar refractivity (Wildman–Crippen MR) is 180 cm³/mol. The van der Waals surface area contributed by atoms with Gasteiger partial charge in [-0.2, -0.15) is 0 Å². The number of hydrogen-bond acceptors (Lipinski definition) is 0. The Hall–Kier alpha value is -2.21. The van der Waals surface area contributed by atoms with Crippen LogP contribution in [0.15, 0.2) is 88.6 Å². The maximum atomic E-state index is 2.63. The van der Waals surface area contributed by atoms with Crippen molar-refractivity contribution in [3.8, 4) is 0 Å². The van der Waals surface area contributed by atoms with Crippen LogP contribution in [0, 0.1) is 19.8 Å². The molecule has 0 amide bonds. The first-order chi connectivity index (χ1) is 17.6. The number of benzene rings is 3. The third-order valence-corrected chi connectivity index (χ3v) is 18.2. The Morgan fingerprint density at radius 1 is 0.500 bits per heavy atom. The van der Waals surface area contributed by atoms with Crippen LogP contribution in [-0.2, 0) is 0 Å². The molecule has 1 unspecified atom stereocenters. The number of allylic oxidation sites excluding steroid dienone is 4. The van der Waals surface area contributed by atoms with E-state index in [1.807, 2.05) is 0 Å². The van der Waals surface area contributed by atoms with Crippen LogP contribution in [0.25, 0.3) is 0 Å². The lowest BCUT2D eigenvalue weighted by molar-refractivity contribution is 0.851. The van der Waals surface area contributed by atoms with Gasteiger partial charge >= 0.3 is 0 Å². The van der Waals surface area contributed by atoms with Gasteiger partial charge in [-0.1, -0.05) is 151 Å². The first kappa shape index (κ1) is 28.8. The summed E-state index contributed by atoms with van der Waals surface area (Å²) in [4.78, 5) is 0. The van der Waals surface area contributed by atoms with Gasteiger partial charge in [0.1, 0.15) is 0 Å². The highest BCUT2D eigenvalue weighted by Gasteiger charge is 2.48. The van der Waals surface area contributed by atoms with E-state index in [0.717, 1.165) is 0 Å². The van der Waals surface area contributed by atoms with Gasteiger partial charge in [-0.05, 0) is 61.7 Å². The van der Waals surface area contributed by atoms with E-state index in [1.165, 1.54) is 22.3 Å². The molecule has 0 saturated carbocycles. The number of aryl methyl sites for hydroxylation is 2. The molecule has 0 aliphatic heterocycles. The van der Waals surface area contributed by atoms with E-state index in [-0.39, 0.29) is 0 Å². The van der Waals surface area contributed by atoms with E-state index < -0.39 is 24.2 Å². The van der Waals surface area contributed by atoms with Crippen LogP contribution < -0.4 is 25.9 Å². The zero-order valence-corrected chi connectivity index (χ0v) is 28.9. The van der Waals surface area contributed by atoms with E-state index in [2.05, 4.69) is 148 Å². The molecule has 3 heteroatoms. The lowest BCUT2D eigenvalue weighted by atomic mass is 10.1. The van der Waals surface area contributed by atoms with Crippen LogP contribution in [-0.4, -0.2) is 24.2 Å². The van der Waals surface area contributed by atoms with Gasteiger partial charge in [0.25, 0.3) is 0 Å². The molecule has 0 aromatic heterocycles. The van der Waals surface area contributed by atoms with Crippen LogP contribution in [0.4, 0.5) is 0 Å². The molecule has 0 bridgehead atoms. The molecule has 38 heavy (non-hydrogen) atoms. The van der Waals surface area contributed by atoms with Crippen LogP contribution in [0.1, 0.15) is 38.8 Å². The Kier molecular flexibility index (Phi) is 7.63. The fourth-order valence-electron chi connectivity index (χ4n) is 6.57. The van der Waals surface area contributed by atoms with Crippen molar-refractivity contribution in [1.82, 2.24) is 0 Å². The van der Waals surface area contributed by atoms with Crippen molar-refractivity contribution in [3.05, 3.63) is 99.8 Å². The molecule has 0 N–H and O–H groups in total. The van der Waals surface area contributed by atoms with E-state index >= 15 is 0 Å². The van der Waals surface area contributed by atoms with Crippen molar-refractivity contribution < 1.29 is 0 Å². The SMILES string of the molecule is CC1=C(C)C(C)C([Si](c2cc(C)cc(C)c2)(c2cccc([Si](C)(C)C)c2)c2cccc([Si](C)(C)C)c2)=C1C. The molecule has 200 valence electrons. The zero-order chi connectivity index (χ0) is 28.2. The molecule has 1 aliphatic carbocycles. The van der Waals surface area contributed by atoms with Gasteiger partial charge in [0.2, 0.25) is 0 Å². The molecule has 0 fully saturated rings. The second kappa shape index (κ2) is 10.1. The topological polar surface area (TPSA) is 0 Å². The van der Waals surface area contributed by atoms with Crippen LogP contribution >= 0.6 is 0 Å². The van der Waals surface area contributed by atoms with Gasteiger partial charge in [0.05, 0.1) is 16.1 Å². The molecule has 1 aliphatic rings. The Bertz CT molecular complexity index is 1360. The van der Waals surface area contributed by atoms with Gasteiger partial charge in [-0.3, -0.25) is 0 Å². The first-order valence-corrected chi connectivity index (χ1v) is 23.3. The lowest BCUT2D eigenvalue weighted by Gasteiger charge is -2.40. The molecule has 0 saturated heterocycles. The summed E-state index contributed by atoms with van der Waals surface area (Å²) in [5.41, 5.74) is 7.30. The normalized spacial score (nSPS) is 17.0. The number of rotatable bonds is 6. The van der Waals surface area contributed by atoms with Gasteiger partial charge in [0, 0.05) is 0 Å². The van der Waals surface area contributed by atoms with Crippen molar-refractivity contribution in [2.45, 2.75) is 80.8 Å². The summed E-state index contributed by atoms with van der Waals surface area (Å²) in [6.45, 7) is 29.1. The second-order valence-electron chi connectivity index (χ2n) is 13.9. The monoisotopic (exact) mass is 552 g/mol. The largest absolute Gasteiger partial charge is 0.176 e. The molecule has 0 radical (unpaired) electrons. The minimum atomic E-state index is -2.60. The Balaban J connectivity index is 2.26. The smallest absolute Gasteiger partial charge is 0.0656 e. The quantitative estimate of drug-likeness (QED) is 0.236. The van der Waals surface area contributed by atoms with Crippen LogP contribution in [0.5, 0.6) is 0 Å². The molecular weight excluding hydrogens is 505 g/mol. The standard InChI is InChI=1S/C35H48Si3/c1-24-19-25(2)21-34(20-24)38(35-28(5)26(3)27(4)29(35)6,32-17-13-15-30(22-32)36(7,8)9)33-18-14-16-31(23-33)37(10,11)12/h13-23,28H,1-12H3.